The van der Waals surface area contributed by atoms with Crippen LogP contribution in [0.3, 0.4) is 0 Å². The lowest BCUT2D eigenvalue weighted by atomic mass is 10.2. The van der Waals surface area contributed by atoms with Crippen LogP contribution in [0.4, 0.5) is 16.2 Å². The molecule has 4 nitrogen and oxygen atoms in total. The smallest absolute Gasteiger partial charge is 0.328 e. The fourth-order valence-electron chi connectivity index (χ4n) is 2.12. The number of nitrogens with two attached hydrogens (primary N) is 1. The molecule has 0 unspecified atom stereocenters. The van der Waals surface area contributed by atoms with Crippen molar-refractivity contribution in [2.75, 3.05) is 25.0 Å². The summed E-state index contributed by atoms with van der Waals surface area (Å²) in [6, 6.07) is 19.3. The van der Waals surface area contributed by atoms with Crippen LogP contribution >= 0.6 is 0 Å². The largest absolute Gasteiger partial charge is 0.330 e. The van der Waals surface area contributed by atoms with Crippen molar-refractivity contribution in [3.63, 3.8) is 0 Å². The summed E-state index contributed by atoms with van der Waals surface area (Å²) in [6.07, 6.45) is 0.791. The quantitative estimate of drug-likeness (QED) is 0.916. The third-order valence-electron chi connectivity index (χ3n) is 3.24. The highest BCUT2D eigenvalue weighted by Crippen LogP contribution is 2.26. The van der Waals surface area contributed by atoms with E-state index in [1.54, 1.807) is 16.8 Å². The number of amides is 2. The first-order valence-electron chi connectivity index (χ1n) is 7.09. The summed E-state index contributed by atoms with van der Waals surface area (Å²) >= 11 is 0. The number of hydrogen-bond acceptors (Lipinski definition) is 2. The van der Waals surface area contributed by atoms with Gasteiger partial charge in [-0.15, -0.1) is 0 Å². The molecular weight excluding hydrogens is 262 g/mol. The number of benzene rings is 2. The number of para-hydroxylation sites is 2. The van der Waals surface area contributed by atoms with Crippen LogP contribution in [-0.2, 0) is 0 Å². The molecule has 0 heterocycles. The van der Waals surface area contributed by atoms with Crippen LogP contribution in [0.1, 0.15) is 6.42 Å². The van der Waals surface area contributed by atoms with E-state index in [0.717, 1.165) is 17.8 Å². The number of rotatable bonds is 5. The number of carbonyl (C=O) groups is 1. The molecule has 0 spiro atoms. The SMILES string of the molecule is CN(CCCN)C(=O)N(c1ccccc1)c1ccccc1. The summed E-state index contributed by atoms with van der Waals surface area (Å²) in [4.78, 5) is 16.2. The van der Waals surface area contributed by atoms with Crippen LogP contribution in [0.5, 0.6) is 0 Å². The van der Waals surface area contributed by atoms with Gasteiger partial charge in [0.05, 0.1) is 11.4 Å². The Bertz CT molecular complexity index is 517. The van der Waals surface area contributed by atoms with Crippen LogP contribution in [0.2, 0.25) is 0 Å². The maximum atomic E-state index is 12.8. The third kappa shape index (κ3) is 3.83. The van der Waals surface area contributed by atoms with Crippen molar-refractivity contribution in [1.82, 2.24) is 4.90 Å². The highest BCUT2D eigenvalue weighted by Gasteiger charge is 2.20. The first-order valence-corrected chi connectivity index (χ1v) is 7.09. The minimum absolute atomic E-state index is 0.0548. The lowest BCUT2D eigenvalue weighted by Gasteiger charge is -2.28. The van der Waals surface area contributed by atoms with E-state index < -0.39 is 0 Å². The van der Waals surface area contributed by atoms with Crippen LogP contribution in [0, 0.1) is 0 Å². The molecule has 0 radical (unpaired) electrons. The van der Waals surface area contributed by atoms with Crippen LogP contribution < -0.4 is 10.6 Å². The molecule has 0 saturated heterocycles. The van der Waals surface area contributed by atoms with Gasteiger partial charge in [0.2, 0.25) is 0 Å². The third-order valence-corrected chi connectivity index (χ3v) is 3.24. The average molecular weight is 283 g/mol. The molecule has 2 rings (SSSR count). The van der Waals surface area contributed by atoms with E-state index in [1.165, 1.54) is 0 Å². The van der Waals surface area contributed by atoms with E-state index >= 15 is 0 Å². The molecule has 2 N–H and O–H groups in total. The number of nitrogens with zero attached hydrogens (tertiary/aromatic N) is 2. The van der Waals surface area contributed by atoms with Crippen molar-refractivity contribution < 1.29 is 4.79 Å². The summed E-state index contributed by atoms with van der Waals surface area (Å²) in [5.41, 5.74) is 7.23. The molecule has 21 heavy (non-hydrogen) atoms. The Kier molecular flexibility index (Phi) is 5.35. The minimum atomic E-state index is -0.0548. The topological polar surface area (TPSA) is 49.6 Å². The highest BCUT2D eigenvalue weighted by molar-refractivity contribution is 5.99. The lowest BCUT2D eigenvalue weighted by Crippen LogP contribution is -2.39. The first-order chi connectivity index (χ1) is 10.2. The van der Waals surface area contributed by atoms with Gasteiger partial charge in [0.15, 0.2) is 0 Å². The predicted molar refractivity (Wildman–Crippen MR) is 86.7 cm³/mol. The molecule has 0 aliphatic rings. The van der Waals surface area contributed by atoms with Gasteiger partial charge in [-0.1, -0.05) is 36.4 Å². The normalized spacial score (nSPS) is 10.2. The van der Waals surface area contributed by atoms with Gasteiger partial charge in [0, 0.05) is 13.6 Å². The van der Waals surface area contributed by atoms with Gasteiger partial charge < -0.3 is 10.6 Å². The second-order valence-corrected chi connectivity index (χ2v) is 4.85. The van der Waals surface area contributed by atoms with Gasteiger partial charge in [-0.2, -0.15) is 0 Å². The molecule has 4 heteroatoms. The van der Waals surface area contributed by atoms with E-state index in [0.29, 0.717) is 13.1 Å². The van der Waals surface area contributed by atoms with Gasteiger partial charge in [0.25, 0.3) is 0 Å². The zero-order chi connectivity index (χ0) is 15.1. The van der Waals surface area contributed by atoms with Gasteiger partial charge in [0.1, 0.15) is 0 Å². The Hall–Kier alpha value is -2.33. The molecule has 110 valence electrons. The maximum absolute atomic E-state index is 12.8. The summed E-state index contributed by atoms with van der Waals surface area (Å²) in [7, 11) is 1.80. The minimum Gasteiger partial charge on any atom is -0.330 e. The number of hydrogen-bond donors (Lipinski definition) is 1. The summed E-state index contributed by atoms with van der Waals surface area (Å²) < 4.78 is 0. The first kappa shape index (κ1) is 15.1. The number of carbonyl (C=O) groups excluding carboxylic acids is 1. The Morgan fingerprint density at radius 1 is 0.952 bits per heavy atom. The van der Waals surface area contributed by atoms with Crippen LogP contribution in [0.15, 0.2) is 60.7 Å². The molecule has 0 aromatic heterocycles. The molecular formula is C17H21N3O. The highest BCUT2D eigenvalue weighted by atomic mass is 16.2. The molecule has 2 aromatic carbocycles. The average Bonchev–Trinajstić information content (AvgIpc) is 2.54. The molecule has 2 aromatic rings. The monoisotopic (exact) mass is 283 g/mol. The van der Waals surface area contributed by atoms with Gasteiger partial charge >= 0.3 is 6.03 Å². The summed E-state index contributed by atoms with van der Waals surface area (Å²) in [5.74, 6) is 0. The van der Waals surface area contributed by atoms with Crippen LogP contribution in [-0.4, -0.2) is 31.1 Å². The molecule has 0 atom stereocenters. The van der Waals surface area contributed by atoms with Crippen molar-refractivity contribution >= 4 is 17.4 Å². The predicted octanol–water partition coefficient (Wildman–Crippen LogP) is 3.23. The fourth-order valence-corrected chi connectivity index (χ4v) is 2.12. The van der Waals surface area contributed by atoms with E-state index in [9.17, 15) is 4.79 Å². The second-order valence-electron chi connectivity index (χ2n) is 4.85. The van der Waals surface area contributed by atoms with Crippen molar-refractivity contribution in [3.8, 4) is 0 Å². The molecule has 0 aliphatic carbocycles. The Morgan fingerprint density at radius 3 is 1.86 bits per heavy atom. The van der Waals surface area contributed by atoms with Gasteiger partial charge in [-0.25, -0.2) is 4.79 Å². The van der Waals surface area contributed by atoms with Crippen molar-refractivity contribution in [3.05, 3.63) is 60.7 Å². The van der Waals surface area contributed by atoms with E-state index in [-0.39, 0.29) is 6.03 Å². The van der Waals surface area contributed by atoms with E-state index in [4.69, 9.17) is 5.73 Å². The van der Waals surface area contributed by atoms with Crippen molar-refractivity contribution in [2.24, 2.45) is 5.73 Å². The van der Waals surface area contributed by atoms with Crippen molar-refractivity contribution in [2.45, 2.75) is 6.42 Å². The standard InChI is InChI=1S/C17H21N3O/c1-19(14-8-13-18)17(21)20(15-9-4-2-5-10-15)16-11-6-3-7-12-16/h2-7,9-12H,8,13-14,18H2,1H3. The molecule has 0 fully saturated rings. The van der Waals surface area contributed by atoms with Gasteiger partial charge in [-0.3, -0.25) is 4.90 Å². The van der Waals surface area contributed by atoms with E-state index in [1.807, 2.05) is 60.7 Å². The second kappa shape index (κ2) is 7.45. The fraction of sp³-hybridized carbons (Fsp3) is 0.235. The van der Waals surface area contributed by atoms with Gasteiger partial charge in [-0.05, 0) is 37.2 Å². The lowest BCUT2D eigenvalue weighted by molar-refractivity contribution is 0.218. The maximum Gasteiger partial charge on any atom is 0.328 e. The summed E-state index contributed by atoms with van der Waals surface area (Å²) in [5, 5.41) is 0. The molecule has 0 aliphatic heterocycles. The van der Waals surface area contributed by atoms with Crippen molar-refractivity contribution in [1.29, 1.82) is 0 Å². The number of urea groups is 1. The zero-order valence-corrected chi connectivity index (χ0v) is 12.3. The van der Waals surface area contributed by atoms with Crippen LogP contribution in [0.25, 0.3) is 0 Å². The number of anilines is 2. The zero-order valence-electron chi connectivity index (χ0n) is 12.3. The molecule has 0 bridgehead atoms. The molecule has 2 amide bonds. The Labute approximate surface area is 125 Å². The van der Waals surface area contributed by atoms with E-state index in [2.05, 4.69) is 0 Å². The molecule has 0 saturated carbocycles. The summed E-state index contributed by atoms with van der Waals surface area (Å²) in [6.45, 7) is 1.22. The Morgan fingerprint density at radius 2 is 1.43 bits per heavy atom. The Balaban J connectivity index is 2.31.